The van der Waals surface area contributed by atoms with Gasteiger partial charge in [0.1, 0.15) is 15.0 Å². The van der Waals surface area contributed by atoms with E-state index in [1.807, 2.05) is 0 Å². The van der Waals surface area contributed by atoms with Crippen molar-refractivity contribution < 1.29 is 8.42 Å². The largest absolute Gasteiger partial charge is 0.328 e. The van der Waals surface area contributed by atoms with E-state index in [0.29, 0.717) is 18.0 Å². The van der Waals surface area contributed by atoms with Crippen molar-refractivity contribution in [1.82, 2.24) is 14.1 Å². The van der Waals surface area contributed by atoms with Crippen molar-refractivity contribution in [2.24, 2.45) is 14.1 Å². The van der Waals surface area contributed by atoms with Gasteiger partial charge in [0.15, 0.2) is 0 Å². The van der Waals surface area contributed by atoms with Crippen LogP contribution in [0.3, 0.4) is 0 Å². The van der Waals surface area contributed by atoms with Gasteiger partial charge in [-0.15, -0.1) is 0 Å². The summed E-state index contributed by atoms with van der Waals surface area (Å²) in [5.74, 6) is 0.338. The molecule has 2 aromatic rings. The Hall–Kier alpha value is -1.34. The van der Waals surface area contributed by atoms with E-state index in [9.17, 15) is 13.2 Å². The summed E-state index contributed by atoms with van der Waals surface area (Å²) in [6.07, 6.45) is 1.04. The number of nitrogens with zero attached hydrogens (tertiary/aromatic N) is 3. The molecule has 114 valence electrons. The molecule has 21 heavy (non-hydrogen) atoms. The van der Waals surface area contributed by atoms with Gasteiger partial charge < -0.3 is 0 Å². The molecule has 0 radical (unpaired) electrons. The maximum absolute atomic E-state index is 12.1. The van der Waals surface area contributed by atoms with Gasteiger partial charge in [-0.2, -0.15) is 0 Å². The molecule has 1 aliphatic heterocycles. The minimum absolute atomic E-state index is 0.0164. The highest BCUT2D eigenvalue weighted by molar-refractivity contribution is 7.91. The number of aryl methyl sites for hydroxylation is 2. The number of hydrogen-bond donors (Lipinski definition) is 0. The molecule has 1 aliphatic rings. The minimum atomic E-state index is -2.93. The Morgan fingerprint density at radius 3 is 2.48 bits per heavy atom. The molecule has 2 aromatic heterocycles. The number of hydrogen-bond acceptors (Lipinski definition) is 4. The van der Waals surface area contributed by atoms with Gasteiger partial charge in [-0.1, -0.05) is 11.6 Å². The zero-order valence-electron chi connectivity index (χ0n) is 11.8. The molecule has 0 aromatic carbocycles. The van der Waals surface area contributed by atoms with E-state index >= 15 is 0 Å². The van der Waals surface area contributed by atoms with Crippen LogP contribution in [0, 0.1) is 0 Å². The van der Waals surface area contributed by atoms with Gasteiger partial charge in [0.25, 0.3) is 0 Å². The number of aromatic nitrogens is 3. The Morgan fingerprint density at radius 2 is 1.86 bits per heavy atom. The fourth-order valence-corrected chi connectivity index (χ4v) is 4.67. The molecule has 8 heteroatoms. The Morgan fingerprint density at radius 1 is 1.24 bits per heavy atom. The molecule has 0 aliphatic carbocycles. The van der Waals surface area contributed by atoms with Crippen molar-refractivity contribution in [3.63, 3.8) is 0 Å². The summed E-state index contributed by atoms with van der Waals surface area (Å²) in [5.41, 5.74) is 2.06. The van der Waals surface area contributed by atoms with Gasteiger partial charge in [-0.25, -0.2) is 18.2 Å². The Balaban J connectivity index is 2.19. The summed E-state index contributed by atoms with van der Waals surface area (Å²) < 4.78 is 26.2. The van der Waals surface area contributed by atoms with Crippen LogP contribution in [0.25, 0.3) is 11.0 Å². The highest BCUT2D eigenvalue weighted by atomic mass is 35.5. The first kappa shape index (κ1) is 14.6. The van der Waals surface area contributed by atoms with Gasteiger partial charge in [0, 0.05) is 26.1 Å². The van der Waals surface area contributed by atoms with Crippen LogP contribution in [0.4, 0.5) is 0 Å². The molecule has 6 nitrogen and oxygen atoms in total. The SMILES string of the molecule is Cn1c(=O)n(C)c2c(C3CCS(=O)(=O)CC3)nc(Cl)cc21. The van der Waals surface area contributed by atoms with E-state index in [4.69, 9.17) is 11.6 Å². The van der Waals surface area contributed by atoms with Crippen molar-refractivity contribution in [2.75, 3.05) is 11.5 Å². The van der Waals surface area contributed by atoms with Gasteiger partial charge in [-0.05, 0) is 12.8 Å². The molecule has 1 fully saturated rings. The van der Waals surface area contributed by atoms with Crippen LogP contribution in [-0.4, -0.2) is 34.0 Å². The van der Waals surface area contributed by atoms with Crippen LogP contribution >= 0.6 is 11.6 Å². The first-order valence-electron chi connectivity index (χ1n) is 6.72. The third-order valence-electron chi connectivity index (χ3n) is 4.18. The standard InChI is InChI=1S/C13H16ClN3O3S/c1-16-9-7-10(14)15-11(12(9)17(2)13(16)18)8-3-5-21(19,20)6-4-8/h7-8H,3-6H2,1-2H3. The Kier molecular flexibility index (Phi) is 3.37. The second-order valence-electron chi connectivity index (χ2n) is 5.52. The van der Waals surface area contributed by atoms with E-state index in [-0.39, 0.29) is 23.1 Å². The van der Waals surface area contributed by atoms with Crippen LogP contribution in [0.1, 0.15) is 24.5 Å². The Bertz CT molecular complexity index is 868. The summed E-state index contributed by atoms with van der Waals surface area (Å²) in [4.78, 5) is 16.5. The quantitative estimate of drug-likeness (QED) is 0.737. The molecule has 0 unspecified atom stereocenters. The first-order valence-corrected chi connectivity index (χ1v) is 8.92. The van der Waals surface area contributed by atoms with E-state index in [1.165, 1.54) is 4.57 Å². The Labute approximate surface area is 127 Å². The molecule has 1 saturated heterocycles. The average Bonchev–Trinajstić information content (AvgIpc) is 2.63. The van der Waals surface area contributed by atoms with Gasteiger partial charge >= 0.3 is 5.69 Å². The van der Waals surface area contributed by atoms with Gasteiger partial charge in [-0.3, -0.25) is 9.13 Å². The molecule has 0 bridgehead atoms. The maximum atomic E-state index is 12.1. The predicted octanol–water partition coefficient (Wildman–Crippen LogP) is 1.22. The molecule has 0 N–H and O–H groups in total. The molecular formula is C13H16ClN3O3S. The minimum Gasteiger partial charge on any atom is -0.295 e. The third-order valence-corrected chi connectivity index (χ3v) is 6.09. The number of rotatable bonds is 1. The summed E-state index contributed by atoms with van der Waals surface area (Å²) in [6, 6.07) is 1.67. The summed E-state index contributed by atoms with van der Waals surface area (Å²) >= 11 is 6.08. The van der Waals surface area contributed by atoms with Crippen LogP contribution in [-0.2, 0) is 23.9 Å². The first-order chi connectivity index (χ1) is 9.80. The number of halogens is 1. The topological polar surface area (TPSA) is 74.0 Å². The van der Waals surface area contributed by atoms with Crippen LogP contribution in [0.15, 0.2) is 10.9 Å². The lowest BCUT2D eigenvalue weighted by atomic mass is 9.97. The van der Waals surface area contributed by atoms with Crippen LogP contribution in [0.2, 0.25) is 5.15 Å². The van der Waals surface area contributed by atoms with Crippen molar-refractivity contribution in [3.8, 4) is 0 Å². The van der Waals surface area contributed by atoms with Gasteiger partial charge in [0.05, 0.1) is 28.2 Å². The zero-order chi connectivity index (χ0) is 15.4. The second kappa shape index (κ2) is 4.84. The maximum Gasteiger partial charge on any atom is 0.328 e. The average molecular weight is 330 g/mol. The summed E-state index contributed by atoms with van der Waals surface area (Å²) in [6.45, 7) is 0. The molecule has 3 rings (SSSR count). The molecule has 0 amide bonds. The molecule has 0 spiro atoms. The predicted molar refractivity (Wildman–Crippen MR) is 81.6 cm³/mol. The van der Waals surface area contributed by atoms with E-state index < -0.39 is 9.84 Å². The summed E-state index contributed by atoms with van der Waals surface area (Å²) in [7, 11) is 0.454. The monoisotopic (exact) mass is 329 g/mol. The van der Waals surface area contributed by atoms with Crippen molar-refractivity contribution in [3.05, 3.63) is 27.4 Å². The third kappa shape index (κ3) is 2.38. The number of pyridine rings is 1. The van der Waals surface area contributed by atoms with E-state index in [2.05, 4.69) is 4.98 Å². The zero-order valence-corrected chi connectivity index (χ0v) is 13.4. The van der Waals surface area contributed by atoms with E-state index in [1.54, 1.807) is 24.7 Å². The fraction of sp³-hybridized carbons (Fsp3) is 0.538. The smallest absolute Gasteiger partial charge is 0.295 e. The van der Waals surface area contributed by atoms with Gasteiger partial charge in [0.2, 0.25) is 0 Å². The summed E-state index contributed by atoms with van der Waals surface area (Å²) in [5, 5.41) is 0.326. The van der Waals surface area contributed by atoms with Crippen molar-refractivity contribution in [2.45, 2.75) is 18.8 Å². The lowest BCUT2D eigenvalue weighted by molar-refractivity contribution is 0.545. The fourth-order valence-electron chi connectivity index (χ4n) is 2.98. The highest BCUT2D eigenvalue weighted by Gasteiger charge is 2.28. The lowest BCUT2D eigenvalue weighted by Gasteiger charge is -2.22. The molecule has 3 heterocycles. The highest BCUT2D eigenvalue weighted by Crippen LogP contribution is 2.33. The number of sulfone groups is 1. The van der Waals surface area contributed by atoms with Crippen molar-refractivity contribution >= 4 is 32.5 Å². The number of imidazole rings is 1. The van der Waals surface area contributed by atoms with Crippen LogP contribution in [0.5, 0.6) is 0 Å². The number of fused-ring (bicyclic) bond motifs is 1. The normalized spacial score (nSPS) is 19.2. The molecule has 0 saturated carbocycles. The lowest BCUT2D eigenvalue weighted by Crippen LogP contribution is -2.23. The van der Waals surface area contributed by atoms with E-state index in [0.717, 1.165) is 16.7 Å². The second-order valence-corrected chi connectivity index (χ2v) is 8.22. The van der Waals surface area contributed by atoms with Crippen molar-refractivity contribution in [1.29, 1.82) is 0 Å². The molecule has 0 atom stereocenters. The van der Waals surface area contributed by atoms with Crippen LogP contribution < -0.4 is 5.69 Å². The molecular weight excluding hydrogens is 314 g/mol.